The molecule has 18 heavy (non-hydrogen) atoms. The Balaban J connectivity index is 2.04. The third-order valence-electron chi connectivity index (χ3n) is 3.34. The van der Waals surface area contributed by atoms with Crippen LogP contribution in [0.2, 0.25) is 0 Å². The Kier molecular flexibility index (Phi) is 3.02. The van der Waals surface area contributed by atoms with E-state index in [1.165, 1.54) is 14.7 Å². The molecule has 2 heterocycles. The Morgan fingerprint density at radius 1 is 1.33 bits per heavy atom. The minimum absolute atomic E-state index is 0.00860. The fraction of sp³-hybridized carbons (Fsp3) is 0.700. The number of carbonyl (C=O) groups excluding carboxylic acids is 2. The molecule has 2 unspecified atom stereocenters. The summed E-state index contributed by atoms with van der Waals surface area (Å²) in [7, 11) is 3.26. The van der Waals surface area contributed by atoms with Gasteiger partial charge in [0.1, 0.15) is 12.3 Å². The third kappa shape index (κ3) is 1.83. The van der Waals surface area contributed by atoms with Crippen molar-refractivity contribution >= 4 is 18.0 Å². The zero-order valence-electron chi connectivity index (χ0n) is 10.3. The molecular formula is C10H16N4O4. The fourth-order valence-corrected chi connectivity index (χ4v) is 2.41. The largest absolute Gasteiger partial charge is 0.481 e. The van der Waals surface area contributed by atoms with Crippen LogP contribution in [0, 0.1) is 0 Å². The summed E-state index contributed by atoms with van der Waals surface area (Å²) in [6.07, 6.45) is -0.338. The topological polar surface area (TPSA) is 93.2 Å². The molecule has 100 valence electrons. The summed E-state index contributed by atoms with van der Waals surface area (Å²) in [5, 5.41) is 11.3. The van der Waals surface area contributed by atoms with Gasteiger partial charge in [-0.2, -0.15) is 0 Å². The van der Waals surface area contributed by atoms with Crippen molar-refractivity contribution in [2.24, 2.45) is 0 Å². The number of likely N-dealkylation sites (N-methyl/N-ethyl adjacent to an activating group) is 2. The Hall–Kier alpha value is -1.99. The highest BCUT2D eigenvalue weighted by Crippen LogP contribution is 2.26. The normalized spacial score (nSPS) is 26.7. The number of carbonyl (C=O) groups is 3. The van der Waals surface area contributed by atoms with Crippen molar-refractivity contribution in [2.45, 2.75) is 25.2 Å². The van der Waals surface area contributed by atoms with E-state index in [1.54, 1.807) is 14.1 Å². The molecule has 0 aromatic rings. The van der Waals surface area contributed by atoms with Gasteiger partial charge in [0.05, 0.1) is 0 Å². The van der Waals surface area contributed by atoms with E-state index < -0.39 is 5.97 Å². The Bertz CT molecular complexity index is 399. The fourth-order valence-electron chi connectivity index (χ4n) is 2.41. The lowest BCUT2D eigenvalue weighted by molar-refractivity contribution is -0.137. The summed E-state index contributed by atoms with van der Waals surface area (Å²) in [5.41, 5.74) is 0. The van der Waals surface area contributed by atoms with E-state index in [1.807, 2.05) is 0 Å². The summed E-state index contributed by atoms with van der Waals surface area (Å²) in [6, 6.07) is -0.421. The molecule has 2 fully saturated rings. The third-order valence-corrected chi connectivity index (χ3v) is 3.34. The molecule has 2 N–H and O–H groups in total. The van der Waals surface area contributed by atoms with E-state index in [2.05, 4.69) is 5.32 Å². The maximum atomic E-state index is 11.8. The average molecular weight is 256 g/mol. The molecule has 0 aliphatic carbocycles. The quantitative estimate of drug-likeness (QED) is 0.711. The van der Waals surface area contributed by atoms with Crippen LogP contribution in [0.5, 0.6) is 0 Å². The first-order chi connectivity index (χ1) is 8.43. The van der Waals surface area contributed by atoms with Crippen molar-refractivity contribution < 1.29 is 19.5 Å². The van der Waals surface area contributed by atoms with E-state index >= 15 is 0 Å². The molecule has 2 aliphatic heterocycles. The van der Waals surface area contributed by atoms with Gasteiger partial charge in [0, 0.05) is 27.1 Å². The first kappa shape index (κ1) is 12.5. The van der Waals surface area contributed by atoms with Crippen LogP contribution in [0.4, 0.5) is 9.59 Å². The predicted molar refractivity (Wildman–Crippen MR) is 60.6 cm³/mol. The number of fused-ring (bicyclic) bond motifs is 1. The summed E-state index contributed by atoms with van der Waals surface area (Å²) in [6.45, 7) is 0.324. The molecule has 0 aromatic heterocycles. The highest BCUT2D eigenvalue weighted by atomic mass is 16.4. The second-order valence-electron chi connectivity index (χ2n) is 4.50. The maximum Gasteiger partial charge on any atom is 0.323 e. The lowest BCUT2D eigenvalue weighted by Crippen LogP contribution is -2.44. The molecule has 8 nitrogen and oxygen atoms in total. The number of nitrogens with zero attached hydrogens (tertiary/aromatic N) is 3. The van der Waals surface area contributed by atoms with Crippen LogP contribution >= 0.6 is 0 Å². The number of carboxylic acid groups (broad SMARTS) is 1. The van der Waals surface area contributed by atoms with Crippen LogP contribution in [0.1, 0.15) is 12.8 Å². The van der Waals surface area contributed by atoms with Gasteiger partial charge in [-0.05, 0) is 6.42 Å². The van der Waals surface area contributed by atoms with Crippen molar-refractivity contribution in [1.29, 1.82) is 0 Å². The molecule has 2 saturated heterocycles. The number of aliphatic carboxylic acids is 1. The monoisotopic (exact) mass is 256 g/mol. The van der Waals surface area contributed by atoms with E-state index in [0.29, 0.717) is 13.0 Å². The minimum atomic E-state index is -0.890. The van der Waals surface area contributed by atoms with Crippen molar-refractivity contribution in [3.05, 3.63) is 0 Å². The second-order valence-corrected chi connectivity index (χ2v) is 4.50. The Labute approximate surface area is 104 Å². The Morgan fingerprint density at radius 2 is 2.00 bits per heavy atom. The lowest BCUT2D eigenvalue weighted by atomic mass is 10.3. The summed E-state index contributed by atoms with van der Waals surface area (Å²) in [5.74, 6) is -0.890. The molecule has 8 heteroatoms. The first-order valence-electron chi connectivity index (χ1n) is 5.72. The maximum absolute atomic E-state index is 11.8. The summed E-state index contributed by atoms with van der Waals surface area (Å²) >= 11 is 0. The molecule has 0 bridgehead atoms. The van der Waals surface area contributed by atoms with Gasteiger partial charge in [-0.3, -0.25) is 4.79 Å². The van der Waals surface area contributed by atoms with Crippen LogP contribution in [0.25, 0.3) is 0 Å². The second kappa shape index (κ2) is 4.35. The molecular weight excluding hydrogens is 240 g/mol. The number of urea groups is 2. The number of hydrogen-bond donors (Lipinski definition) is 2. The SMILES string of the molecule is CN1C(=O)N(C)C2C1NC(=O)N2CCCC(=O)O. The van der Waals surface area contributed by atoms with Gasteiger partial charge in [0.2, 0.25) is 0 Å². The summed E-state index contributed by atoms with van der Waals surface area (Å²) < 4.78 is 0. The molecule has 0 aromatic carbocycles. The van der Waals surface area contributed by atoms with Gasteiger partial charge >= 0.3 is 18.0 Å². The molecule has 4 amide bonds. The van der Waals surface area contributed by atoms with Gasteiger partial charge in [-0.15, -0.1) is 0 Å². The number of rotatable bonds is 4. The molecule has 2 rings (SSSR count). The van der Waals surface area contributed by atoms with Crippen molar-refractivity contribution in [3.63, 3.8) is 0 Å². The minimum Gasteiger partial charge on any atom is -0.481 e. The standard InChI is InChI=1S/C10H16N4O4/c1-12-7-8(13(2)10(12)18)14(9(17)11-7)5-3-4-6(15)16/h7-8H,3-5H2,1-2H3,(H,11,17)(H,15,16). The molecule has 0 radical (unpaired) electrons. The van der Waals surface area contributed by atoms with Crippen molar-refractivity contribution in [1.82, 2.24) is 20.0 Å². The van der Waals surface area contributed by atoms with Gasteiger partial charge in [-0.1, -0.05) is 0 Å². The highest BCUT2D eigenvalue weighted by molar-refractivity contribution is 5.84. The average Bonchev–Trinajstić information content (AvgIpc) is 2.72. The molecule has 0 saturated carbocycles. The zero-order valence-corrected chi connectivity index (χ0v) is 10.3. The van der Waals surface area contributed by atoms with Gasteiger partial charge < -0.3 is 25.1 Å². The van der Waals surface area contributed by atoms with Crippen LogP contribution in [0.15, 0.2) is 0 Å². The van der Waals surface area contributed by atoms with E-state index in [0.717, 1.165) is 0 Å². The number of nitrogens with one attached hydrogen (secondary N) is 1. The van der Waals surface area contributed by atoms with Crippen molar-refractivity contribution in [2.75, 3.05) is 20.6 Å². The van der Waals surface area contributed by atoms with E-state index in [-0.39, 0.29) is 30.8 Å². The lowest BCUT2D eigenvalue weighted by Gasteiger charge is -2.26. The number of amides is 4. The van der Waals surface area contributed by atoms with Crippen LogP contribution in [-0.2, 0) is 4.79 Å². The van der Waals surface area contributed by atoms with E-state index in [9.17, 15) is 14.4 Å². The van der Waals surface area contributed by atoms with Crippen LogP contribution < -0.4 is 5.32 Å². The molecule has 0 spiro atoms. The van der Waals surface area contributed by atoms with Crippen molar-refractivity contribution in [3.8, 4) is 0 Å². The van der Waals surface area contributed by atoms with E-state index in [4.69, 9.17) is 5.11 Å². The highest BCUT2D eigenvalue weighted by Gasteiger charge is 2.52. The summed E-state index contributed by atoms with van der Waals surface area (Å²) in [4.78, 5) is 38.4. The van der Waals surface area contributed by atoms with Crippen LogP contribution in [0.3, 0.4) is 0 Å². The smallest absolute Gasteiger partial charge is 0.323 e. The van der Waals surface area contributed by atoms with Gasteiger partial charge in [0.25, 0.3) is 0 Å². The number of hydrogen-bond acceptors (Lipinski definition) is 3. The number of carboxylic acids is 1. The zero-order chi connectivity index (χ0) is 13.4. The molecule has 2 aliphatic rings. The molecule has 2 atom stereocenters. The Morgan fingerprint density at radius 3 is 2.61 bits per heavy atom. The van der Waals surface area contributed by atoms with Gasteiger partial charge in [0.15, 0.2) is 0 Å². The van der Waals surface area contributed by atoms with Crippen LogP contribution in [-0.4, -0.2) is 70.8 Å². The van der Waals surface area contributed by atoms with Gasteiger partial charge in [-0.25, -0.2) is 9.59 Å². The predicted octanol–water partition coefficient (Wildman–Crippen LogP) is -0.474. The first-order valence-corrected chi connectivity index (χ1v) is 5.72.